The van der Waals surface area contributed by atoms with Crippen molar-refractivity contribution in [2.24, 2.45) is 5.92 Å². The van der Waals surface area contributed by atoms with Crippen molar-refractivity contribution in [3.05, 3.63) is 18.0 Å². The van der Waals surface area contributed by atoms with Crippen molar-refractivity contribution >= 4 is 0 Å². The van der Waals surface area contributed by atoms with Gasteiger partial charge in [-0.05, 0) is 37.2 Å². The Morgan fingerprint density at radius 3 is 2.88 bits per heavy atom. The van der Waals surface area contributed by atoms with Gasteiger partial charge in [-0.3, -0.25) is 4.68 Å². The van der Waals surface area contributed by atoms with E-state index in [2.05, 4.69) is 29.8 Å². The first-order valence-electron chi connectivity index (χ1n) is 6.45. The van der Waals surface area contributed by atoms with Crippen LogP contribution in [0.15, 0.2) is 12.4 Å². The maximum Gasteiger partial charge on any atom is 0.0571 e. The second-order valence-corrected chi connectivity index (χ2v) is 4.88. The molecule has 1 saturated carbocycles. The average molecular weight is 222 g/mol. The van der Waals surface area contributed by atoms with Crippen LogP contribution in [0.4, 0.5) is 0 Å². The number of hydrogen-bond donors (Lipinski definition) is 1. The van der Waals surface area contributed by atoms with Gasteiger partial charge in [0.1, 0.15) is 0 Å². The number of aryl methyl sites for hydroxylation is 1. The Kier molecular flexibility index (Phi) is 3.64. The number of nitrogens with zero attached hydrogens (tertiary/aromatic N) is 2. The van der Waals surface area contributed by atoms with E-state index in [0.717, 1.165) is 25.7 Å². The molecule has 1 fully saturated rings. The quantitative estimate of drug-likeness (QED) is 0.853. The summed E-state index contributed by atoms with van der Waals surface area (Å²) in [5.41, 5.74) is 1.29. The molecule has 0 bridgehead atoms. The molecule has 0 spiro atoms. The molecule has 0 radical (unpaired) electrons. The lowest BCUT2D eigenvalue weighted by molar-refractivity contribution is 0.0667. The third kappa shape index (κ3) is 2.29. The third-order valence-corrected chi connectivity index (χ3v) is 3.86. The molecule has 1 N–H and O–H groups in total. The van der Waals surface area contributed by atoms with Crippen LogP contribution in [0.2, 0.25) is 0 Å². The second-order valence-electron chi connectivity index (χ2n) is 4.88. The Balaban J connectivity index is 2.15. The molecule has 1 aliphatic rings. The molecule has 1 heterocycles. The van der Waals surface area contributed by atoms with E-state index in [1.54, 1.807) is 0 Å². The van der Waals surface area contributed by atoms with Crippen LogP contribution in [0.3, 0.4) is 0 Å². The molecule has 3 nitrogen and oxygen atoms in total. The van der Waals surface area contributed by atoms with Crippen LogP contribution in [-0.2, 0) is 6.42 Å². The van der Waals surface area contributed by atoms with Crippen molar-refractivity contribution in [3.63, 3.8) is 0 Å². The third-order valence-electron chi connectivity index (χ3n) is 3.86. The van der Waals surface area contributed by atoms with E-state index < -0.39 is 0 Å². The highest BCUT2D eigenvalue weighted by Gasteiger charge is 2.30. The molecule has 0 aromatic carbocycles. The lowest BCUT2D eigenvalue weighted by Crippen LogP contribution is -2.30. The molecule has 1 aliphatic carbocycles. The summed E-state index contributed by atoms with van der Waals surface area (Å²) < 4.78 is 2.08. The standard InChI is InChI=1S/C13H22N2O/c1-3-10-8-14-15(9-10)13-7-12(16)6-5-11(13)4-2/h8-9,11-13,16H,3-7H2,1-2H3. The van der Waals surface area contributed by atoms with Gasteiger partial charge in [0, 0.05) is 6.20 Å². The van der Waals surface area contributed by atoms with Crippen LogP contribution in [0.25, 0.3) is 0 Å². The Labute approximate surface area is 97.5 Å². The molecule has 0 aliphatic heterocycles. The van der Waals surface area contributed by atoms with E-state index in [1.807, 2.05) is 6.20 Å². The van der Waals surface area contributed by atoms with Gasteiger partial charge < -0.3 is 5.11 Å². The molecule has 3 heteroatoms. The summed E-state index contributed by atoms with van der Waals surface area (Å²) in [5, 5.41) is 14.2. The SMILES string of the molecule is CCc1cnn(C2CC(O)CCC2CC)c1. The number of aliphatic hydroxyl groups excluding tert-OH is 1. The van der Waals surface area contributed by atoms with Crippen molar-refractivity contribution in [1.29, 1.82) is 0 Å². The Morgan fingerprint density at radius 2 is 2.25 bits per heavy atom. The molecule has 3 unspecified atom stereocenters. The van der Waals surface area contributed by atoms with Gasteiger partial charge in [-0.15, -0.1) is 0 Å². The highest BCUT2D eigenvalue weighted by molar-refractivity contribution is 5.04. The van der Waals surface area contributed by atoms with E-state index in [9.17, 15) is 5.11 Å². The summed E-state index contributed by atoms with van der Waals surface area (Å²) in [5.74, 6) is 0.674. The summed E-state index contributed by atoms with van der Waals surface area (Å²) in [6.07, 6.45) is 9.12. The minimum atomic E-state index is -0.137. The fourth-order valence-corrected chi connectivity index (χ4v) is 2.73. The van der Waals surface area contributed by atoms with Crippen LogP contribution >= 0.6 is 0 Å². The Hall–Kier alpha value is -0.830. The average Bonchev–Trinajstić information content (AvgIpc) is 2.77. The monoisotopic (exact) mass is 222 g/mol. The molecule has 2 rings (SSSR count). The van der Waals surface area contributed by atoms with Gasteiger partial charge in [-0.1, -0.05) is 20.3 Å². The lowest BCUT2D eigenvalue weighted by atomic mass is 9.81. The summed E-state index contributed by atoms with van der Waals surface area (Å²) >= 11 is 0. The zero-order chi connectivity index (χ0) is 11.5. The fourth-order valence-electron chi connectivity index (χ4n) is 2.73. The molecular weight excluding hydrogens is 200 g/mol. The maximum absolute atomic E-state index is 9.78. The van der Waals surface area contributed by atoms with Crippen LogP contribution in [-0.4, -0.2) is 21.0 Å². The van der Waals surface area contributed by atoms with Gasteiger partial charge in [0.15, 0.2) is 0 Å². The van der Waals surface area contributed by atoms with E-state index in [0.29, 0.717) is 12.0 Å². The van der Waals surface area contributed by atoms with Crippen molar-refractivity contribution in [2.75, 3.05) is 0 Å². The van der Waals surface area contributed by atoms with Crippen LogP contribution in [0.5, 0.6) is 0 Å². The summed E-state index contributed by atoms with van der Waals surface area (Å²) in [6, 6.07) is 0.397. The summed E-state index contributed by atoms with van der Waals surface area (Å²) in [7, 11) is 0. The highest BCUT2D eigenvalue weighted by Crippen LogP contribution is 2.35. The first kappa shape index (κ1) is 11.6. The van der Waals surface area contributed by atoms with Gasteiger partial charge in [-0.2, -0.15) is 5.10 Å². The number of aromatic nitrogens is 2. The van der Waals surface area contributed by atoms with Gasteiger partial charge in [-0.25, -0.2) is 0 Å². The molecule has 16 heavy (non-hydrogen) atoms. The van der Waals surface area contributed by atoms with Crippen molar-refractivity contribution < 1.29 is 5.11 Å². The molecule has 1 aromatic rings. The highest BCUT2D eigenvalue weighted by atomic mass is 16.3. The molecular formula is C13H22N2O. The number of rotatable bonds is 3. The zero-order valence-corrected chi connectivity index (χ0v) is 10.3. The summed E-state index contributed by atoms with van der Waals surface area (Å²) in [4.78, 5) is 0. The van der Waals surface area contributed by atoms with Crippen LogP contribution in [0.1, 0.15) is 51.1 Å². The van der Waals surface area contributed by atoms with Gasteiger partial charge >= 0.3 is 0 Å². The first-order chi connectivity index (χ1) is 7.74. The molecule has 0 amide bonds. The molecule has 0 saturated heterocycles. The van der Waals surface area contributed by atoms with E-state index in [-0.39, 0.29) is 6.10 Å². The predicted molar refractivity (Wildman–Crippen MR) is 64.3 cm³/mol. The normalized spacial score (nSPS) is 30.6. The lowest BCUT2D eigenvalue weighted by Gasteiger charge is -2.33. The smallest absolute Gasteiger partial charge is 0.0571 e. The molecule has 3 atom stereocenters. The number of hydrogen-bond acceptors (Lipinski definition) is 2. The van der Waals surface area contributed by atoms with Crippen molar-refractivity contribution in [3.8, 4) is 0 Å². The van der Waals surface area contributed by atoms with Gasteiger partial charge in [0.2, 0.25) is 0 Å². The first-order valence-corrected chi connectivity index (χ1v) is 6.45. The van der Waals surface area contributed by atoms with Gasteiger partial charge in [0.05, 0.1) is 18.3 Å². The van der Waals surface area contributed by atoms with Crippen molar-refractivity contribution in [1.82, 2.24) is 9.78 Å². The largest absolute Gasteiger partial charge is 0.393 e. The second kappa shape index (κ2) is 5.00. The minimum absolute atomic E-state index is 0.137. The van der Waals surface area contributed by atoms with Crippen molar-refractivity contribution in [2.45, 2.75) is 58.1 Å². The maximum atomic E-state index is 9.78. The van der Waals surface area contributed by atoms with Crippen LogP contribution < -0.4 is 0 Å². The zero-order valence-electron chi connectivity index (χ0n) is 10.3. The Bertz CT molecular complexity index is 334. The molecule has 1 aromatic heterocycles. The van der Waals surface area contributed by atoms with E-state index >= 15 is 0 Å². The Morgan fingerprint density at radius 1 is 1.44 bits per heavy atom. The van der Waals surface area contributed by atoms with Crippen LogP contribution in [0, 0.1) is 5.92 Å². The molecule has 90 valence electrons. The predicted octanol–water partition coefficient (Wildman–Crippen LogP) is 2.56. The van der Waals surface area contributed by atoms with E-state index in [1.165, 1.54) is 12.0 Å². The number of aliphatic hydroxyl groups is 1. The van der Waals surface area contributed by atoms with E-state index in [4.69, 9.17) is 0 Å². The minimum Gasteiger partial charge on any atom is -0.393 e. The topological polar surface area (TPSA) is 38.0 Å². The summed E-state index contributed by atoms with van der Waals surface area (Å²) in [6.45, 7) is 4.38. The fraction of sp³-hybridized carbons (Fsp3) is 0.769. The van der Waals surface area contributed by atoms with Gasteiger partial charge in [0.25, 0.3) is 0 Å².